The molecule has 0 radical (unpaired) electrons. The summed E-state index contributed by atoms with van der Waals surface area (Å²) in [6.07, 6.45) is 1.99. The Balaban J connectivity index is 1.62. The van der Waals surface area contributed by atoms with E-state index in [1.807, 2.05) is 45.2 Å². The van der Waals surface area contributed by atoms with E-state index in [0.29, 0.717) is 25.4 Å². The van der Waals surface area contributed by atoms with E-state index >= 15 is 0 Å². The Morgan fingerprint density at radius 2 is 1.79 bits per heavy atom. The van der Waals surface area contributed by atoms with Crippen LogP contribution in [0.5, 0.6) is 11.5 Å². The molecule has 0 aliphatic carbocycles. The number of nitrogens with zero attached hydrogens (tertiary/aromatic N) is 2. The molecule has 1 amide bonds. The topological polar surface area (TPSA) is 118 Å². The van der Waals surface area contributed by atoms with Crippen LogP contribution in [0.4, 0.5) is 10.1 Å². The van der Waals surface area contributed by atoms with E-state index in [1.54, 1.807) is 25.0 Å². The lowest BCUT2D eigenvalue weighted by molar-refractivity contribution is -0.0177. The van der Waals surface area contributed by atoms with E-state index in [2.05, 4.69) is 9.62 Å². The van der Waals surface area contributed by atoms with Crippen LogP contribution in [-0.4, -0.2) is 87.9 Å². The van der Waals surface area contributed by atoms with Gasteiger partial charge in [-0.3, -0.25) is 14.4 Å². The molecule has 0 fully saturated rings. The molecule has 1 aliphatic heterocycles. The molecule has 0 spiro atoms. The quantitative estimate of drug-likeness (QED) is 0.285. The zero-order valence-corrected chi connectivity index (χ0v) is 29.2. The van der Waals surface area contributed by atoms with E-state index in [4.69, 9.17) is 14.2 Å². The summed E-state index contributed by atoms with van der Waals surface area (Å²) in [5.41, 5.74) is 1.45. The molecular weight excluding hydrogens is 637 g/mol. The molecule has 0 aromatic heterocycles. The number of aliphatic hydroxyl groups excluding tert-OH is 1. The number of nitrogens with one attached hydrogen (secondary N) is 1. The number of hydrogen-bond acceptors (Lipinski definition) is 8. The SMILES string of the molecule is COc1ccc(CN(C)C[C@@H]2OCCCC[C@H](C)Oc3ccc(NS(=O)(=O)c4ccc(F)cc4)cc3C(=O)N([C@H](C)CO)C[C@@H]2C)cc1. The number of likely N-dealkylation sites (N-methyl/N-ethyl adjacent to an activating group) is 1. The summed E-state index contributed by atoms with van der Waals surface area (Å²) in [5, 5.41) is 10.2. The van der Waals surface area contributed by atoms with Crippen LogP contribution in [0.15, 0.2) is 71.6 Å². The number of carbonyl (C=O) groups is 1. The van der Waals surface area contributed by atoms with Crippen molar-refractivity contribution in [2.75, 3.05) is 45.2 Å². The van der Waals surface area contributed by atoms with Gasteiger partial charge in [-0.1, -0.05) is 19.1 Å². The van der Waals surface area contributed by atoms with Crippen LogP contribution >= 0.6 is 0 Å². The second-order valence-corrected chi connectivity index (χ2v) is 14.3. The number of methoxy groups -OCH3 is 1. The zero-order chi connectivity index (χ0) is 34.8. The lowest BCUT2D eigenvalue weighted by Crippen LogP contribution is -2.47. The number of rotatable bonds is 10. The van der Waals surface area contributed by atoms with Gasteiger partial charge in [0.2, 0.25) is 0 Å². The third-order valence-electron chi connectivity index (χ3n) is 8.53. The molecule has 48 heavy (non-hydrogen) atoms. The van der Waals surface area contributed by atoms with Crippen molar-refractivity contribution in [3.63, 3.8) is 0 Å². The van der Waals surface area contributed by atoms with Crippen molar-refractivity contribution in [2.45, 2.75) is 69.7 Å². The molecule has 1 heterocycles. The third kappa shape index (κ3) is 10.1. The number of fused-ring (bicyclic) bond motifs is 1. The molecule has 262 valence electrons. The maximum absolute atomic E-state index is 14.4. The predicted octanol–water partition coefficient (Wildman–Crippen LogP) is 5.56. The van der Waals surface area contributed by atoms with E-state index in [9.17, 15) is 22.7 Å². The number of sulfonamides is 1. The maximum Gasteiger partial charge on any atom is 0.261 e. The fourth-order valence-electron chi connectivity index (χ4n) is 5.69. The van der Waals surface area contributed by atoms with E-state index in [1.165, 1.54) is 24.3 Å². The molecule has 2 N–H and O–H groups in total. The van der Waals surface area contributed by atoms with Gasteiger partial charge in [0.25, 0.3) is 15.9 Å². The summed E-state index contributed by atoms with van der Waals surface area (Å²) in [4.78, 5) is 18.0. The number of benzene rings is 3. The minimum atomic E-state index is -4.07. The van der Waals surface area contributed by atoms with Gasteiger partial charge in [0.1, 0.15) is 17.3 Å². The summed E-state index contributed by atoms with van der Waals surface area (Å²) >= 11 is 0. The van der Waals surface area contributed by atoms with E-state index in [0.717, 1.165) is 42.7 Å². The summed E-state index contributed by atoms with van der Waals surface area (Å²) in [6.45, 7) is 7.62. The Morgan fingerprint density at radius 3 is 2.46 bits per heavy atom. The van der Waals surface area contributed by atoms with Gasteiger partial charge in [0.05, 0.1) is 42.4 Å². The third-order valence-corrected chi connectivity index (χ3v) is 9.93. The summed E-state index contributed by atoms with van der Waals surface area (Å²) in [7, 11) is -0.395. The van der Waals surface area contributed by atoms with Crippen molar-refractivity contribution >= 4 is 21.6 Å². The Labute approximate surface area is 283 Å². The van der Waals surface area contributed by atoms with Crippen LogP contribution in [0, 0.1) is 11.7 Å². The van der Waals surface area contributed by atoms with Gasteiger partial charge in [-0.25, -0.2) is 12.8 Å². The Bertz CT molecular complexity index is 1590. The number of carbonyl (C=O) groups excluding carboxylic acids is 1. The maximum atomic E-state index is 14.4. The van der Waals surface area contributed by atoms with Gasteiger partial charge in [-0.15, -0.1) is 0 Å². The number of ether oxygens (including phenoxy) is 3. The monoisotopic (exact) mass is 685 g/mol. The van der Waals surface area contributed by atoms with Crippen LogP contribution in [0.3, 0.4) is 0 Å². The van der Waals surface area contributed by atoms with Crippen LogP contribution in [0.25, 0.3) is 0 Å². The van der Waals surface area contributed by atoms with Crippen molar-refractivity contribution in [1.82, 2.24) is 9.80 Å². The van der Waals surface area contributed by atoms with Crippen LogP contribution in [0.1, 0.15) is 56.0 Å². The molecule has 10 nitrogen and oxygen atoms in total. The normalized spacial score (nSPS) is 20.4. The molecule has 1 aliphatic rings. The zero-order valence-electron chi connectivity index (χ0n) is 28.4. The molecule has 3 aromatic carbocycles. The average Bonchev–Trinajstić information content (AvgIpc) is 3.06. The number of anilines is 1. The second kappa shape index (κ2) is 17.1. The van der Waals surface area contributed by atoms with Crippen molar-refractivity contribution in [3.05, 3.63) is 83.7 Å². The highest BCUT2D eigenvalue weighted by Gasteiger charge is 2.30. The largest absolute Gasteiger partial charge is 0.497 e. The standard InChI is InChI=1S/C36H48FN3O7S/c1-25-21-40(26(2)24-41)36(42)33-20-30(38-48(43,44)32-16-11-29(37)12-17-32)13-18-34(33)47-27(3)8-6-7-19-46-35(25)23-39(4)22-28-9-14-31(45-5)15-10-28/h9-18,20,25-27,35,38,41H,6-8,19,21-24H2,1-5H3/t25-,26+,27-,35-/m0/s1. The van der Waals surface area contributed by atoms with Gasteiger partial charge in [0.15, 0.2) is 0 Å². The molecule has 12 heteroatoms. The minimum absolute atomic E-state index is 0.118. The minimum Gasteiger partial charge on any atom is -0.497 e. The predicted molar refractivity (Wildman–Crippen MR) is 183 cm³/mol. The molecule has 0 saturated heterocycles. The first-order valence-electron chi connectivity index (χ1n) is 16.3. The van der Waals surface area contributed by atoms with E-state index in [-0.39, 0.29) is 47.4 Å². The molecule has 4 rings (SSSR count). The van der Waals surface area contributed by atoms with Crippen molar-refractivity contribution in [2.24, 2.45) is 5.92 Å². The second-order valence-electron chi connectivity index (χ2n) is 12.6. The molecule has 3 aromatic rings. The number of halogens is 1. The Hall–Kier alpha value is -3.71. The van der Waals surface area contributed by atoms with Crippen LogP contribution < -0.4 is 14.2 Å². The summed E-state index contributed by atoms with van der Waals surface area (Å²) in [5.74, 6) is 0.0411. The van der Waals surface area contributed by atoms with Crippen LogP contribution in [-0.2, 0) is 21.3 Å². The van der Waals surface area contributed by atoms with Gasteiger partial charge < -0.3 is 24.2 Å². The Morgan fingerprint density at radius 1 is 1.08 bits per heavy atom. The molecule has 0 saturated carbocycles. The first-order valence-corrected chi connectivity index (χ1v) is 17.8. The lowest BCUT2D eigenvalue weighted by Gasteiger charge is -2.36. The molecule has 0 bridgehead atoms. The highest BCUT2D eigenvalue weighted by molar-refractivity contribution is 7.92. The number of hydrogen-bond donors (Lipinski definition) is 2. The van der Waals surface area contributed by atoms with Crippen molar-refractivity contribution < 1.29 is 36.9 Å². The fraction of sp³-hybridized carbons (Fsp3) is 0.472. The van der Waals surface area contributed by atoms with Crippen LogP contribution in [0.2, 0.25) is 0 Å². The average molecular weight is 686 g/mol. The highest BCUT2D eigenvalue weighted by atomic mass is 32.2. The molecule has 0 unspecified atom stereocenters. The number of aliphatic hydroxyl groups is 1. The first kappa shape index (κ1) is 37.1. The summed E-state index contributed by atoms with van der Waals surface area (Å²) < 4.78 is 60.2. The summed E-state index contributed by atoms with van der Waals surface area (Å²) in [6, 6.07) is 16.5. The Kier molecular flexibility index (Phi) is 13.2. The van der Waals surface area contributed by atoms with Gasteiger partial charge in [0, 0.05) is 37.8 Å². The fourth-order valence-corrected chi connectivity index (χ4v) is 6.74. The number of amides is 1. The van der Waals surface area contributed by atoms with E-state index < -0.39 is 27.8 Å². The first-order chi connectivity index (χ1) is 22.9. The highest BCUT2D eigenvalue weighted by Crippen LogP contribution is 2.30. The van der Waals surface area contributed by atoms with Crippen molar-refractivity contribution in [3.8, 4) is 11.5 Å². The molecule has 4 atom stereocenters. The van der Waals surface area contributed by atoms with Gasteiger partial charge in [-0.2, -0.15) is 0 Å². The van der Waals surface area contributed by atoms with Crippen molar-refractivity contribution in [1.29, 1.82) is 0 Å². The van der Waals surface area contributed by atoms with Gasteiger partial charge in [-0.05, 0) is 100 Å². The lowest BCUT2D eigenvalue weighted by atomic mass is 10.0. The smallest absolute Gasteiger partial charge is 0.261 e. The van der Waals surface area contributed by atoms with Gasteiger partial charge >= 0.3 is 0 Å². The molecular formula is C36H48FN3O7S.